The molecule has 16 heavy (non-hydrogen) atoms. The lowest BCUT2D eigenvalue weighted by Crippen LogP contribution is -2.26. The maximum absolute atomic E-state index is 6.10. The van der Waals surface area contributed by atoms with Crippen molar-refractivity contribution in [3.8, 4) is 0 Å². The Kier molecular flexibility index (Phi) is 3.24. The first kappa shape index (κ1) is 10.7. The molecule has 0 fully saturated rings. The molecule has 4 nitrogen and oxygen atoms in total. The van der Waals surface area contributed by atoms with Crippen molar-refractivity contribution < 1.29 is 0 Å². The Morgan fingerprint density at radius 1 is 0.688 bits per heavy atom. The van der Waals surface area contributed by atoms with Crippen LogP contribution in [0.5, 0.6) is 0 Å². The number of hydrogen-bond acceptors (Lipinski definition) is 4. The largest absolute Gasteiger partial charge is 0.322 e. The summed E-state index contributed by atoms with van der Waals surface area (Å²) in [5.41, 5.74) is 14.2. The van der Waals surface area contributed by atoms with E-state index in [0.29, 0.717) is 0 Å². The highest BCUT2D eigenvalue weighted by Crippen LogP contribution is 2.23. The Morgan fingerprint density at radius 2 is 1.00 bits per heavy atom. The molecule has 0 spiro atoms. The molecule has 0 aliphatic rings. The highest BCUT2D eigenvalue weighted by atomic mass is 14.8. The van der Waals surface area contributed by atoms with E-state index in [9.17, 15) is 0 Å². The summed E-state index contributed by atoms with van der Waals surface area (Å²) in [4.78, 5) is 7.91. The van der Waals surface area contributed by atoms with Gasteiger partial charge in [-0.3, -0.25) is 9.97 Å². The van der Waals surface area contributed by atoms with E-state index in [0.717, 1.165) is 11.1 Å². The lowest BCUT2D eigenvalue weighted by molar-refractivity contribution is 0.573. The average molecular weight is 214 g/mol. The lowest BCUT2D eigenvalue weighted by atomic mass is 9.96. The van der Waals surface area contributed by atoms with Crippen molar-refractivity contribution in [2.24, 2.45) is 11.5 Å². The molecule has 4 heteroatoms. The molecule has 0 amide bonds. The summed E-state index contributed by atoms with van der Waals surface area (Å²) in [6.07, 6.45) is 6.87. The van der Waals surface area contributed by atoms with Crippen LogP contribution in [0.3, 0.4) is 0 Å². The molecule has 0 radical (unpaired) electrons. The van der Waals surface area contributed by atoms with E-state index in [-0.39, 0.29) is 12.1 Å². The topological polar surface area (TPSA) is 77.8 Å². The van der Waals surface area contributed by atoms with E-state index in [1.807, 2.05) is 24.3 Å². The van der Waals surface area contributed by atoms with Crippen molar-refractivity contribution in [2.45, 2.75) is 12.1 Å². The quantitative estimate of drug-likeness (QED) is 0.804. The molecule has 0 aliphatic heterocycles. The zero-order valence-electron chi connectivity index (χ0n) is 8.82. The fourth-order valence-electron chi connectivity index (χ4n) is 1.59. The number of hydrogen-bond donors (Lipinski definition) is 2. The normalized spacial score (nSPS) is 14.4. The van der Waals surface area contributed by atoms with Crippen LogP contribution in [0.2, 0.25) is 0 Å². The Hall–Kier alpha value is -1.78. The zero-order valence-corrected chi connectivity index (χ0v) is 8.82. The van der Waals surface area contributed by atoms with Crippen molar-refractivity contribution >= 4 is 0 Å². The first-order valence-corrected chi connectivity index (χ1v) is 5.10. The van der Waals surface area contributed by atoms with Gasteiger partial charge in [0.1, 0.15) is 0 Å². The minimum absolute atomic E-state index is 0.231. The maximum atomic E-state index is 6.10. The van der Waals surface area contributed by atoms with E-state index in [1.165, 1.54) is 0 Å². The fraction of sp³-hybridized carbons (Fsp3) is 0.167. The molecule has 0 aromatic carbocycles. The van der Waals surface area contributed by atoms with E-state index in [1.54, 1.807) is 24.8 Å². The standard InChI is InChI=1S/C12H14N4/c13-11(9-1-5-15-6-2-9)12(14)10-3-7-16-8-4-10/h1-8,11-12H,13-14H2/t11-,12-/m1/s1. The van der Waals surface area contributed by atoms with Gasteiger partial charge in [0.2, 0.25) is 0 Å². The first-order valence-electron chi connectivity index (χ1n) is 5.10. The Bertz CT molecular complexity index is 386. The van der Waals surface area contributed by atoms with E-state index in [2.05, 4.69) is 9.97 Å². The van der Waals surface area contributed by atoms with Gasteiger partial charge in [0.05, 0.1) is 0 Å². The van der Waals surface area contributed by atoms with Crippen LogP contribution in [0.4, 0.5) is 0 Å². The molecule has 0 unspecified atom stereocenters. The Balaban J connectivity index is 2.20. The van der Waals surface area contributed by atoms with Gasteiger partial charge in [-0.25, -0.2) is 0 Å². The van der Waals surface area contributed by atoms with Crippen molar-refractivity contribution in [3.63, 3.8) is 0 Å². The summed E-state index contributed by atoms with van der Waals surface area (Å²) >= 11 is 0. The fourth-order valence-corrected chi connectivity index (χ4v) is 1.59. The summed E-state index contributed by atoms with van der Waals surface area (Å²) < 4.78 is 0. The number of nitrogens with zero attached hydrogens (tertiary/aromatic N) is 2. The molecule has 2 rings (SSSR count). The van der Waals surface area contributed by atoms with Crippen LogP contribution in [-0.4, -0.2) is 9.97 Å². The van der Waals surface area contributed by atoms with E-state index in [4.69, 9.17) is 11.5 Å². The molecule has 0 saturated carbocycles. The molecular weight excluding hydrogens is 200 g/mol. The van der Waals surface area contributed by atoms with Gasteiger partial charge in [0.15, 0.2) is 0 Å². The number of nitrogens with two attached hydrogens (primary N) is 2. The van der Waals surface area contributed by atoms with Crippen LogP contribution in [0.25, 0.3) is 0 Å². The third-order valence-corrected chi connectivity index (χ3v) is 2.57. The van der Waals surface area contributed by atoms with Gasteiger partial charge in [-0.2, -0.15) is 0 Å². The van der Waals surface area contributed by atoms with Gasteiger partial charge in [-0.15, -0.1) is 0 Å². The van der Waals surface area contributed by atoms with Crippen molar-refractivity contribution in [1.29, 1.82) is 0 Å². The molecular formula is C12H14N4. The minimum Gasteiger partial charge on any atom is -0.322 e. The lowest BCUT2D eigenvalue weighted by Gasteiger charge is -2.20. The van der Waals surface area contributed by atoms with Crippen molar-refractivity contribution in [3.05, 3.63) is 60.2 Å². The maximum Gasteiger partial charge on any atom is 0.0492 e. The van der Waals surface area contributed by atoms with E-state index < -0.39 is 0 Å². The summed E-state index contributed by atoms with van der Waals surface area (Å²) in [6, 6.07) is 7.06. The van der Waals surface area contributed by atoms with Gasteiger partial charge in [-0.1, -0.05) is 0 Å². The molecule has 0 aliphatic carbocycles. The molecule has 4 N–H and O–H groups in total. The van der Waals surface area contributed by atoms with E-state index >= 15 is 0 Å². The number of rotatable bonds is 3. The van der Waals surface area contributed by atoms with Crippen LogP contribution in [0.15, 0.2) is 49.1 Å². The first-order chi connectivity index (χ1) is 7.79. The third-order valence-electron chi connectivity index (χ3n) is 2.57. The number of pyridine rings is 2. The van der Waals surface area contributed by atoms with Gasteiger partial charge >= 0.3 is 0 Å². The zero-order chi connectivity index (χ0) is 11.4. The average Bonchev–Trinajstić information content (AvgIpc) is 2.39. The van der Waals surface area contributed by atoms with Crippen LogP contribution < -0.4 is 11.5 Å². The van der Waals surface area contributed by atoms with Crippen LogP contribution >= 0.6 is 0 Å². The highest BCUT2D eigenvalue weighted by molar-refractivity contribution is 5.23. The van der Waals surface area contributed by atoms with Gasteiger partial charge in [-0.05, 0) is 35.4 Å². The summed E-state index contributed by atoms with van der Waals surface area (Å²) in [5, 5.41) is 0. The van der Waals surface area contributed by atoms with Crippen LogP contribution in [-0.2, 0) is 0 Å². The van der Waals surface area contributed by atoms with Crippen molar-refractivity contribution in [1.82, 2.24) is 9.97 Å². The Morgan fingerprint density at radius 3 is 1.31 bits per heavy atom. The molecule has 0 bridgehead atoms. The monoisotopic (exact) mass is 214 g/mol. The summed E-state index contributed by atoms with van der Waals surface area (Å²) in [7, 11) is 0. The smallest absolute Gasteiger partial charge is 0.0492 e. The molecule has 2 aromatic rings. The minimum atomic E-state index is -0.231. The Labute approximate surface area is 94.3 Å². The second-order valence-electron chi connectivity index (χ2n) is 3.61. The highest BCUT2D eigenvalue weighted by Gasteiger charge is 2.16. The van der Waals surface area contributed by atoms with Crippen LogP contribution in [0, 0.1) is 0 Å². The molecule has 2 atom stereocenters. The molecule has 82 valence electrons. The summed E-state index contributed by atoms with van der Waals surface area (Å²) in [6.45, 7) is 0. The van der Waals surface area contributed by atoms with Crippen LogP contribution in [0.1, 0.15) is 23.2 Å². The van der Waals surface area contributed by atoms with Gasteiger partial charge in [0.25, 0.3) is 0 Å². The SMILES string of the molecule is N[C@H](c1ccncc1)[C@H](N)c1ccncc1. The van der Waals surface area contributed by atoms with Gasteiger partial charge < -0.3 is 11.5 Å². The molecule has 0 saturated heterocycles. The number of aromatic nitrogens is 2. The third kappa shape index (κ3) is 2.24. The van der Waals surface area contributed by atoms with Crippen molar-refractivity contribution in [2.75, 3.05) is 0 Å². The molecule has 2 aromatic heterocycles. The second-order valence-corrected chi connectivity index (χ2v) is 3.61. The molecule has 2 heterocycles. The van der Waals surface area contributed by atoms with Gasteiger partial charge in [0, 0.05) is 36.9 Å². The predicted octanol–water partition coefficient (Wildman–Crippen LogP) is 1.18. The summed E-state index contributed by atoms with van der Waals surface area (Å²) in [5.74, 6) is 0. The second kappa shape index (κ2) is 4.83. The predicted molar refractivity (Wildman–Crippen MR) is 62.3 cm³/mol.